The SMILES string of the molecule is O=C1OC=CC1CCCCO. The first kappa shape index (κ1) is 8.27. The molecule has 1 rings (SSSR count). The number of hydrogen-bond donors (Lipinski definition) is 1. The van der Waals surface area contributed by atoms with Gasteiger partial charge in [0.15, 0.2) is 0 Å². The van der Waals surface area contributed by atoms with Crippen LogP contribution in [0.2, 0.25) is 0 Å². The fraction of sp³-hybridized carbons (Fsp3) is 0.625. The first-order valence-corrected chi connectivity index (χ1v) is 3.82. The van der Waals surface area contributed by atoms with Crippen molar-refractivity contribution in [1.29, 1.82) is 0 Å². The zero-order valence-electron chi connectivity index (χ0n) is 6.32. The van der Waals surface area contributed by atoms with Crippen LogP contribution in [-0.2, 0) is 9.53 Å². The van der Waals surface area contributed by atoms with Crippen molar-refractivity contribution in [3.05, 3.63) is 12.3 Å². The fourth-order valence-electron chi connectivity index (χ4n) is 1.06. The Hall–Kier alpha value is -0.830. The van der Waals surface area contributed by atoms with Gasteiger partial charge in [-0.15, -0.1) is 0 Å². The summed E-state index contributed by atoms with van der Waals surface area (Å²) in [6.45, 7) is 0.200. The van der Waals surface area contributed by atoms with Gasteiger partial charge in [0.2, 0.25) is 0 Å². The van der Waals surface area contributed by atoms with Crippen LogP contribution in [0.5, 0.6) is 0 Å². The monoisotopic (exact) mass is 156 g/mol. The molecule has 0 saturated carbocycles. The molecule has 0 amide bonds. The molecule has 11 heavy (non-hydrogen) atoms. The van der Waals surface area contributed by atoms with Crippen molar-refractivity contribution in [1.82, 2.24) is 0 Å². The minimum absolute atomic E-state index is 0.0680. The molecule has 0 fully saturated rings. The lowest BCUT2D eigenvalue weighted by molar-refractivity contribution is -0.139. The highest BCUT2D eigenvalue weighted by molar-refractivity contribution is 5.77. The molecule has 0 saturated heterocycles. The highest BCUT2D eigenvalue weighted by atomic mass is 16.5. The molecule has 1 unspecified atom stereocenters. The Morgan fingerprint density at radius 2 is 2.36 bits per heavy atom. The van der Waals surface area contributed by atoms with Crippen LogP contribution in [0.3, 0.4) is 0 Å². The van der Waals surface area contributed by atoms with Crippen LogP contribution in [0.15, 0.2) is 12.3 Å². The van der Waals surface area contributed by atoms with E-state index < -0.39 is 0 Å². The van der Waals surface area contributed by atoms with E-state index in [0.717, 1.165) is 19.3 Å². The van der Waals surface area contributed by atoms with E-state index in [1.54, 1.807) is 6.08 Å². The lowest BCUT2D eigenvalue weighted by Gasteiger charge is -2.02. The average Bonchev–Trinajstić information content (AvgIpc) is 2.37. The summed E-state index contributed by atoms with van der Waals surface area (Å²) in [7, 11) is 0. The number of unbranched alkanes of at least 4 members (excludes halogenated alkanes) is 1. The number of rotatable bonds is 4. The molecule has 0 aromatic rings. The van der Waals surface area contributed by atoms with Crippen molar-refractivity contribution in [2.75, 3.05) is 6.61 Å². The molecule has 62 valence electrons. The molecule has 0 radical (unpaired) electrons. The zero-order chi connectivity index (χ0) is 8.10. The third-order valence-electron chi connectivity index (χ3n) is 1.72. The molecule has 1 N–H and O–H groups in total. The van der Waals surface area contributed by atoms with E-state index in [4.69, 9.17) is 5.11 Å². The topological polar surface area (TPSA) is 46.5 Å². The number of carbonyl (C=O) groups is 1. The maximum absolute atomic E-state index is 10.8. The highest BCUT2D eigenvalue weighted by Gasteiger charge is 2.20. The molecular formula is C8H12O3. The molecule has 3 heteroatoms. The van der Waals surface area contributed by atoms with Crippen molar-refractivity contribution < 1.29 is 14.6 Å². The first-order chi connectivity index (χ1) is 5.34. The van der Waals surface area contributed by atoms with E-state index in [1.165, 1.54) is 6.26 Å². The summed E-state index contributed by atoms with van der Waals surface area (Å²) >= 11 is 0. The summed E-state index contributed by atoms with van der Waals surface area (Å²) in [5, 5.41) is 8.47. The van der Waals surface area contributed by atoms with Crippen LogP contribution < -0.4 is 0 Å². The third-order valence-corrected chi connectivity index (χ3v) is 1.72. The second-order valence-corrected chi connectivity index (χ2v) is 2.59. The Morgan fingerprint density at radius 1 is 1.55 bits per heavy atom. The van der Waals surface area contributed by atoms with E-state index in [1.807, 2.05) is 0 Å². The molecule has 1 aliphatic heterocycles. The highest BCUT2D eigenvalue weighted by Crippen LogP contribution is 2.16. The van der Waals surface area contributed by atoms with Crippen LogP contribution in [0.25, 0.3) is 0 Å². The number of carbonyl (C=O) groups excluding carboxylic acids is 1. The number of ether oxygens (including phenoxy) is 1. The van der Waals surface area contributed by atoms with Crippen molar-refractivity contribution >= 4 is 5.97 Å². The largest absolute Gasteiger partial charge is 0.434 e. The van der Waals surface area contributed by atoms with Crippen molar-refractivity contribution in [2.45, 2.75) is 19.3 Å². The van der Waals surface area contributed by atoms with Gasteiger partial charge in [0, 0.05) is 6.61 Å². The molecule has 3 nitrogen and oxygen atoms in total. The van der Waals surface area contributed by atoms with Gasteiger partial charge in [-0.1, -0.05) is 0 Å². The summed E-state index contributed by atoms with van der Waals surface area (Å²) in [6.07, 6.45) is 5.62. The predicted molar refractivity (Wildman–Crippen MR) is 39.7 cm³/mol. The first-order valence-electron chi connectivity index (χ1n) is 3.82. The maximum Gasteiger partial charge on any atom is 0.317 e. The lowest BCUT2D eigenvalue weighted by Crippen LogP contribution is -2.07. The number of cyclic esters (lactones) is 1. The number of hydrogen-bond acceptors (Lipinski definition) is 3. The van der Waals surface area contributed by atoms with Crippen LogP contribution in [-0.4, -0.2) is 17.7 Å². The van der Waals surface area contributed by atoms with Gasteiger partial charge in [-0.25, -0.2) is 0 Å². The van der Waals surface area contributed by atoms with Gasteiger partial charge in [0.05, 0.1) is 12.2 Å². The summed E-state index contributed by atoms with van der Waals surface area (Å²) in [5.41, 5.74) is 0. The zero-order valence-corrected chi connectivity index (χ0v) is 6.32. The van der Waals surface area contributed by atoms with Gasteiger partial charge in [-0.2, -0.15) is 0 Å². The predicted octanol–water partition coefficient (Wildman–Crippen LogP) is 0.836. The van der Waals surface area contributed by atoms with Crippen LogP contribution in [0, 0.1) is 5.92 Å². The summed E-state index contributed by atoms with van der Waals surface area (Å²) < 4.78 is 4.61. The quantitative estimate of drug-likeness (QED) is 0.484. The molecule has 0 bridgehead atoms. The minimum atomic E-state index is -0.164. The van der Waals surface area contributed by atoms with E-state index in [-0.39, 0.29) is 18.5 Å². The van der Waals surface area contributed by atoms with Gasteiger partial charge < -0.3 is 9.84 Å². The van der Waals surface area contributed by atoms with Crippen molar-refractivity contribution in [2.24, 2.45) is 5.92 Å². The Labute approximate surface area is 65.7 Å². The van der Waals surface area contributed by atoms with E-state index in [9.17, 15) is 4.79 Å². The minimum Gasteiger partial charge on any atom is -0.434 e. The summed E-state index contributed by atoms with van der Waals surface area (Å²) in [5.74, 6) is -0.232. The summed E-state index contributed by atoms with van der Waals surface area (Å²) in [4.78, 5) is 10.8. The van der Waals surface area contributed by atoms with Crippen molar-refractivity contribution in [3.8, 4) is 0 Å². The second kappa shape index (κ2) is 4.13. The molecule has 1 aliphatic rings. The Kier molecular flexibility index (Phi) is 3.11. The molecule has 0 aromatic carbocycles. The lowest BCUT2D eigenvalue weighted by atomic mass is 10.0. The summed E-state index contributed by atoms with van der Waals surface area (Å²) in [6, 6.07) is 0. The van der Waals surface area contributed by atoms with Crippen LogP contribution in [0.4, 0.5) is 0 Å². The average molecular weight is 156 g/mol. The molecule has 0 aliphatic carbocycles. The van der Waals surface area contributed by atoms with Gasteiger partial charge in [0.1, 0.15) is 0 Å². The normalized spacial score (nSPS) is 22.3. The number of aliphatic hydroxyl groups is 1. The molecule has 1 atom stereocenters. The van der Waals surface area contributed by atoms with Crippen LogP contribution >= 0.6 is 0 Å². The van der Waals surface area contributed by atoms with E-state index in [2.05, 4.69) is 4.74 Å². The molecular weight excluding hydrogens is 144 g/mol. The Bertz CT molecular complexity index is 163. The fourth-order valence-corrected chi connectivity index (χ4v) is 1.06. The third kappa shape index (κ3) is 2.35. The number of aliphatic hydroxyl groups excluding tert-OH is 1. The Morgan fingerprint density at radius 3 is 2.91 bits per heavy atom. The maximum atomic E-state index is 10.8. The second-order valence-electron chi connectivity index (χ2n) is 2.59. The van der Waals surface area contributed by atoms with E-state index in [0.29, 0.717) is 0 Å². The van der Waals surface area contributed by atoms with Gasteiger partial charge >= 0.3 is 5.97 Å². The van der Waals surface area contributed by atoms with Gasteiger partial charge in [0.25, 0.3) is 0 Å². The molecule has 1 heterocycles. The van der Waals surface area contributed by atoms with E-state index >= 15 is 0 Å². The standard InChI is InChI=1S/C8H12O3/c9-5-2-1-3-7-4-6-11-8(7)10/h4,6-7,9H,1-3,5H2. The van der Waals surface area contributed by atoms with Gasteiger partial charge in [-0.3, -0.25) is 4.79 Å². The molecule has 0 aromatic heterocycles. The van der Waals surface area contributed by atoms with Crippen LogP contribution in [0.1, 0.15) is 19.3 Å². The number of esters is 1. The smallest absolute Gasteiger partial charge is 0.317 e. The Balaban J connectivity index is 2.15. The van der Waals surface area contributed by atoms with Crippen molar-refractivity contribution in [3.63, 3.8) is 0 Å². The molecule has 0 spiro atoms. The van der Waals surface area contributed by atoms with Gasteiger partial charge in [-0.05, 0) is 25.3 Å².